The summed E-state index contributed by atoms with van der Waals surface area (Å²) in [6.45, 7) is 0. The Morgan fingerprint density at radius 2 is 2.00 bits per heavy atom. The van der Waals surface area contributed by atoms with E-state index in [9.17, 15) is 4.79 Å². The van der Waals surface area contributed by atoms with E-state index in [2.05, 4.69) is 15.2 Å². The number of fused-ring (bicyclic) bond motifs is 4. The third-order valence-corrected chi connectivity index (χ3v) is 6.00. The van der Waals surface area contributed by atoms with Crippen LogP contribution in [0.1, 0.15) is 23.3 Å². The summed E-state index contributed by atoms with van der Waals surface area (Å²) in [7, 11) is 1.63. The predicted molar refractivity (Wildman–Crippen MR) is 97.6 cm³/mol. The van der Waals surface area contributed by atoms with Crippen LogP contribution in [0.25, 0.3) is 27.4 Å². The molecule has 25 heavy (non-hydrogen) atoms. The number of thiophene rings is 1. The largest absolute Gasteiger partial charge is 0.497 e. The number of methoxy groups -OCH3 is 1. The van der Waals surface area contributed by atoms with E-state index in [1.54, 1.807) is 22.8 Å². The van der Waals surface area contributed by atoms with Gasteiger partial charge < -0.3 is 4.74 Å². The van der Waals surface area contributed by atoms with Crippen LogP contribution in [0.4, 0.5) is 0 Å². The van der Waals surface area contributed by atoms with Gasteiger partial charge in [-0.15, -0.1) is 11.3 Å². The third-order valence-electron chi connectivity index (χ3n) is 4.81. The lowest BCUT2D eigenvalue weighted by Gasteiger charge is -2.09. The minimum Gasteiger partial charge on any atom is -0.497 e. The van der Waals surface area contributed by atoms with Crippen LogP contribution in [0, 0.1) is 0 Å². The third kappa shape index (κ3) is 2.12. The van der Waals surface area contributed by atoms with Crippen molar-refractivity contribution in [2.45, 2.75) is 25.7 Å². The van der Waals surface area contributed by atoms with Crippen LogP contribution in [-0.4, -0.2) is 26.7 Å². The summed E-state index contributed by atoms with van der Waals surface area (Å²) < 4.78 is 6.79. The first-order valence-corrected chi connectivity index (χ1v) is 9.13. The number of aromatic nitrogens is 4. The van der Waals surface area contributed by atoms with Gasteiger partial charge in [-0.1, -0.05) is 0 Å². The summed E-state index contributed by atoms with van der Waals surface area (Å²) in [5, 5.41) is 8.01. The number of nitrogens with zero attached hydrogens (tertiary/aromatic N) is 3. The SMILES string of the molecule is COc1ccc(-c2n[nH]c3nc4sc5c(c4c(=O)n23)CCCC5)cc1. The number of aromatic amines is 1. The molecule has 4 aromatic rings. The highest BCUT2D eigenvalue weighted by Crippen LogP contribution is 2.34. The van der Waals surface area contributed by atoms with Gasteiger partial charge in [0.15, 0.2) is 5.82 Å². The molecule has 7 heteroatoms. The lowest BCUT2D eigenvalue weighted by molar-refractivity contribution is 0.415. The van der Waals surface area contributed by atoms with Gasteiger partial charge in [0, 0.05) is 10.4 Å². The molecule has 0 saturated carbocycles. The zero-order valence-corrected chi connectivity index (χ0v) is 14.5. The molecule has 0 amide bonds. The molecule has 3 heterocycles. The van der Waals surface area contributed by atoms with E-state index in [1.165, 1.54) is 16.9 Å². The van der Waals surface area contributed by atoms with E-state index < -0.39 is 0 Å². The molecule has 3 aromatic heterocycles. The van der Waals surface area contributed by atoms with E-state index in [4.69, 9.17) is 4.74 Å². The highest BCUT2D eigenvalue weighted by molar-refractivity contribution is 7.18. The summed E-state index contributed by atoms with van der Waals surface area (Å²) in [5.74, 6) is 1.83. The monoisotopic (exact) mass is 352 g/mol. The molecule has 0 atom stereocenters. The van der Waals surface area contributed by atoms with E-state index >= 15 is 0 Å². The predicted octanol–water partition coefficient (Wildman–Crippen LogP) is 3.19. The lowest BCUT2D eigenvalue weighted by Crippen LogP contribution is -2.16. The van der Waals surface area contributed by atoms with Crippen LogP contribution in [0.3, 0.4) is 0 Å². The van der Waals surface area contributed by atoms with Crippen molar-refractivity contribution in [3.63, 3.8) is 0 Å². The molecule has 126 valence electrons. The maximum absolute atomic E-state index is 13.2. The van der Waals surface area contributed by atoms with Gasteiger partial charge in [-0.25, -0.2) is 14.5 Å². The first kappa shape index (κ1) is 14.7. The minimum atomic E-state index is -0.0287. The second-order valence-corrected chi connectivity index (χ2v) is 7.33. The summed E-state index contributed by atoms with van der Waals surface area (Å²) in [4.78, 5) is 20.0. The Labute approximate surface area is 147 Å². The van der Waals surface area contributed by atoms with Gasteiger partial charge in [-0.05, 0) is 55.5 Å². The summed E-state index contributed by atoms with van der Waals surface area (Å²) in [6, 6.07) is 7.51. The summed E-state index contributed by atoms with van der Waals surface area (Å²) in [5.41, 5.74) is 2.01. The van der Waals surface area contributed by atoms with Crippen LogP contribution in [0.15, 0.2) is 29.1 Å². The van der Waals surface area contributed by atoms with Crippen molar-refractivity contribution in [1.82, 2.24) is 19.6 Å². The van der Waals surface area contributed by atoms with Crippen molar-refractivity contribution in [3.05, 3.63) is 45.1 Å². The number of hydrogen-bond acceptors (Lipinski definition) is 5. The molecule has 0 spiro atoms. The van der Waals surface area contributed by atoms with Crippen LogP contribution in [-0.2, 0) is 12.8 Å². The molecule has 0 bridgehead atoms. The number of hydrogen-bond donors (Lipinski definition) is 1. The molecule has 1 aromatic carbocycles. The van der Waals surface area contributed by atoms with Gasteiger partial charge in [0.2, 0.25) is 5.78 Å². The van der Waals surface area contributed by atoms with Crippen LogP contribution >= 0.6 is 11.3 Å². The molecule has 5 rings (SSSR count). The van der Waals surface area contributed by atoms with Crippen molar-refractivity contribution in [3.8, 4) is 17.1 Å². The second-order valence-electron chi connectivity index (χ2n) is 6.24. The number of nitrogens with one attached hydrogen (secondary N) is 1. The molecule has 0 radical (unpaired) electrons. The van der Waals surface area contributed by atoms with E-state index in [1.807, 2.05) is 24.3 Å². The van der Waals surface area contributed by atoms with Crippen molar-refractivity contribution >= 4 is 27.3 Å². The number of rotatable bonds is 2. The second kappa shape index (κ2) is 5.42. The Balaban J connectivity index is 1.79. The maximum atomic E-state index is 13.2. The van der Waals surface area contributed by atoms with Gasteiger partial charge in [0.05, 0.1) is 12.5 Å². The van der Waals surface area contributed by atoms with E-state index in [0.29, 0.717) is 11.6 Å². The van der Waals surface area contributed by atoms with E-state index in [0.717, 1.165) is 40.8 Å². The van der Waals surface area contributed by atoms with Crippen molar-refractivity contribution in [2.24, 2.45) is 0 Å². The fraction of sp³-hybridized carbons (Fsp3) is 0.278. The van der Waals surface area contributed by atoms with Gasteiger partial charge in [-0.2, -0.15) is 5.10 Å². The van der Waals surface area contributed by atoms with Crippen molar-refractivity contribution < 1.29 is 4.74 Å². The topological polar surface area (TPSA) is 72.3 Å². The zero-order chi connectivity index (χ0) is 17.0. The van der Waals surface area contributed by atoms with Crippen molar-refractivity contribution in [1.29, 1.82) is 0 Å². The average Bonchev–Trinajstić information content (AvgIpc) is 3.23. The number of ether oxygens (including phenoxy) is 1. The van der Waals surface area contributed by atoms with Crippen LogP contribution < -0.4 is 10.3 Å². The van der Waals surface area contributed by atoms with Crippen LogP contribution in [0.2, 0.25) is 0 Å². The maximum Gasteiger partial charge on any atom is 0.269 e. The highest BCUT2D eigenvalue weighted by atomic mass is 32.1. The average molecular weight is 352 g/mol. The van der Waals surface area contributed by atoms with Crippen LogP contribution in [0.5, 0.6) is 5.75 Å². The molecular weight excluding hydrogens is 336 g/mol. The molecule has 1 N–H and O–H groups in total. The Morgan fingerprint density at radius 1 is 1.20 bits per heavy atom. The molecule has 0 fully saturated rings. The summed E-state index contributed by atoms with van der Waals surface area (Å²) >= 11 is 1.65. The first-order valence-electron chi connectivity index (χ1n) is 8.32. The van der Waals surface area contributed by atoms with Gasteiger partial charge in [-0.3, -0.25) is 4.79 Å². The molecule has 0 saturated heterocycles. The molecule has 0 unspecified atom stereocenters. The van der Waals surface area contributed by atoms with Crippen molar-refractivity contribution in [2.75, 3.05) is 7.11 Å². The van der Waals surface area contributed by atoms with Gasteiger partial charge in [0.1, 0.15) is 10.6 Å². The molecule has 1 aliphatic carbocycles. The molecule has 0 aliphatic heterocycles. The Bertz CT molecular complexity index is 1150. The van der Waals surface area contributed by atoms with Gasteiger partial charge >= 0.3 is 0 Å². The number of aryl methyl sites for hydroxylation is 2. The highest BCUT2D eigenvalue weighted by Gasteiger charge is 2.22. The Morgan fingerprint density at radius 3 is 2.80 bits per heavy atom. The quantitative estimate of drug-likeness (QED) is 0.601. The van der Waals surface area contributed by atoms with E-state index in [-0.39, 0.29) is 5.56 Å². The Kier molecular flexibility index (Phi) is 3.18. The number of benzene rings is 1. The van der Waals surface area contributed by atoms with Gasteiger partial charge in [0.25, 0.3) is 5.56 Å². The summed E-state index contributed by atoms with van der Waals surface area (Å²) in [6.07, 6.45) is 4.35. The minimum absolute atomic E-state index is 0.0287. The molecule has 1 aliphatic rings. The fourth-order valence-corrected chi connectivity index (χ4v) is 4.81. The smallest absolute Gasteiger partial charge is 0.269 e. The zero-order valence-electron chi connectivity index (χ0n) is 13.7. The first-order chi connectivity index (χ1) is 12.3. The Hall–Kier alpha value is -2.67. The lowest BCUT2D eigenvalue weighted by atomic mass is 9.97. The number of H-pyrrole nitrogens is 1. The standard InChI is InChI=1S/C18H16N4O2S/c1-24-11-8-6-10(7-9-11)15-20-21-18-19-16-14(17(23)22(15)18)12-4-2-3-5-13(12)25-16/h6-9H,2-5H2,1H3,(H,19,21). The normalized spacial score (nSPS) is 14.1. The fourth-order valence-electron chi connectivity index (χ4n) is 3.56. The molecule has 6 nitrogen and oxygen atoms in total. The molecular formula is C18H16N4O2S.